The van der Waals surface area contributed by atoms with Crippen LogP contribution in [0.4, 0.5) is 5.69 Å². The van der Waals surface area contributed by atoms with Crippen LogP contribution >= 0.6 is 11.6 Å². The second kappa shape index (κ2) is 5.83. The fourth-order valence-electron chi connectivity index (χ4n) is 1.71. The fourth-order valence-corrected chi connectivity index (χ4v) is 2.99. The van der Waals surface area contributed by atoms with E-state index in [1.807, 2.05) is 6.92 Å². The van der Waals surface area contributed by atoms with Crippen molar-refractivity contribution in [3.05, 3.63) is 58.6 Å². The number of sulfonamides is 1. The Balaban J connectivity index is 2.17. The van der Waals surface area contributed by atoms with Gasteiger partial charge in [-0.1, -0.05) is 29.8 Å². The topological polar surface area (TPSA) is 72.2 Å². The molecule has 0 radical (unpaired) electrons. The molecule has 4 nitrogen and oxygen atoms in total. The van der Waals surface area contributed by atoms with Crippen LogP contribution in [0.5, 0.6) is 0 Å². The molecule has 3 N–H and O–H groups in total. The van der Waals surface area contributed by atoms with Crippen LogP contribution in [0.15, 0.2) is 47.4 Å². The highest BCUT2D eigenvalue weighted by Crippen LogP contribution is 2.20. The van der Waals surface area contributed by atoms with Gasteiger partial charge in [-0.2, -0.15) is 0 Å². The molecule has 2 aromatic rings. The molecule has 6 heteroatoms. The zero-order chi connectivity index (χ0) is 14.8. The normalized spacial score (nSPS) is 11.5. The van der Waals surface area contributed by atoms with Crippen molar-refractivity contribution in [3.8, 4) is 0 Å². The van der Waals surface area contributed by atoms with Crippen molar-refractivity contribution in [1.29, 1.82) is 0 Å². The largest absolute Gasteiger partial charge is 0.399 e. The maximum absolute atomic E-state index is 12.2. The van der Waals surface area contributed by atoms with Gasteiger partial charge in [0.05, 0.1) is 4.90 Å². The van der Waals surface area contributed by atoms with Gasteiger partial charge in [0.2, 0.25) is 10.0 Å². The number of benzene rings is 2. The second-order valence-electron chi connectivity index (χ2n) is 4.48. The second-order valence-corrected chi connectivity index (χ2v) is 6.65. The van der Waals surface area contributed by atoms with Gasteiger partial charge in [-0.25, -0.2) is 13.1 Å². The third kappa shape index (κ3) is 3.50. The lowest BCUT2D eigenvalue weighted by molar-refractivity contribution is 0.581. The van der Waals surface area contributed by atoms with Gasteiger partial charge in [0.25, 0.3) is 0 Å². The van der Waals surface area contributed by atoms with Crippen molar-refractivity contribution < 1.29 is 8.42 Å². The molecule has 106 valence electrons. The van der Waals surface area contributed by atoms with Crippen LogP contribution in [0.3, 0.4) is 0 Å². The van der Waals surface area contributed by atoms with Crippen molar-refractivity contribution in [3.63, 3.8) is 0 Å². The highest BCUT2D eigenvalue weighted by molar-refractivity contribution is 7.89. The van der Waals surface area contributed by atoms with Crippen molar-refractivity contribution >= 4 is 27.3 Å². The fraction of sp³-hybridized carbons (Fsp3) is 0.143. The number of rotatable bonds is 4. The number of nitrogens with one attached hydrogen (secondary N) is 1. The van der Waals surface area contributed by atoms with Gasteiger partial charge in [-0.05, 0) is 42.3 Å². The van der Waals surface area contributed by atoms with E-state index in [4.69, 9.17) is 17.3 Å². The molecule has 2 rings (SSSR count). The van der Waals surface area contributed by atoms with Crippen molar-refractivity contribution in [1.82, 2.24) is 4.72 Å². The first-order valence-corrected chi connectivity index (χ1v) is 7.85. The van der Waals surface area contributed by atoms with Crippen LogP contribution in [-0.4, -0.2) is 8.42 Å². The van der Waals surface area contributed by atoms with Crippen LogP contribution in [-0.2, 0) is 16.6 Å². The van der Waals surface area contributed by atoms with E-state index in [0.29, 0.717) is 10.7 Å². The molecule has 20 heavy (non-hydrogen) atoms. The van der Waals surface area contributed by atoms with E-state index in [9.17, 15) is 8.42 Å². The highest BCUT2D eigenvalue weighted by Gasteiger charge is 2.14. The van der Waals surface area contributed by atoms with Crippen molar-refractivity contribution in [2.45, 2.75) is 18.4 Å². The van der Waals surface area contributed by atoms with Gasteiger partial charge in [-0.3, -0.25) is 0 Å². The maximum Gasteiger partial charge on any atom is 0.240 e. The van der Waals surface area contributed by atoms with Crippen LogP contribution in [0.1, 0.15) is 11.1 Å². The molecule has 0 atom stereocenters. The van der Waals surface area contributed by atoms with Crippen LogP contribution in [0.2, 0.25) is 5.02 Å². The summed E-state index contributed by atoms with van der Waals surface area (Å²) in [7, 11) is -3.59. The Bertz CT molecular complexity index is 730. The molecule has 0 bridgehead atoms. The summed E-state index contributed by atoms with van der Waals surface area (Å²) >= 11 is 5.95. The van der Waals surface area contributed by atoms with Crippen LogP contribution in [0.25, 0.3) is 0 Å². The minimum Gasteiger partial charge on any atom is -0.399 e. The molecule has 0 amide bonds. The molecule has 2 aromatic carbocycles. The molecule has 0 saturated carbocycles. The Morgan fingerprint density at radius 1 is 1.20 bits per heavy atom. The molecular weight excluding hydrogens is 296 g/mol. The number of hydrogen-bond donors (Lipinski definition) is 2. The zero-order valence-electron chi connectivity index (χ0n) is 10.9. The number of nitrogen functional groups attached to an aromatic ring is 1. The molecule has 0 aliphatic rings. The standard InChI is InChI=1S/C14H15ClN2O2S/c1-10-5-6-13(8-14(10)15)20(18,19)17-9-11-3-2-4-12(16)7-11/h2-8,17H,9,16H2,1H3. The van der Waals surface area contributed by atoms with Gasteiger partial charge in [0.15, 0.2) is 0 Å². The molecule has 0 saturated heterocycles. The summed E-state index contributed by atoms with van der Waals surface area (Å²) in [4.78, 5) is 0.150. The Morgan fingerprint density at radius 2 is 1.95 bits per heavy atom. The molecular formula is C14H15ClN2O2S. The number of hydrogen-bond acceptors (Lipinski definition) is 3. The molecule has 0 aromatic heterocycles. The molecule has 0 aliphatic carbocycles. The van der Waals surface area contributed by atoms with E-state index in [-0.39, 0.29) is 11.4 Å². The lowest BCUT2D eigenvalue weighted by Crippen LogP contribution is -2.23. The average Bonchev–Trinajstić information content (AvgIpc) is 2.40. The van der Waals surface area contributed by atoms with Crippen molar-refractivity contribution in [2.75, 3.05) is 5.73 Å². The van der Waals surface area contributed by atoms with E-state index in [0.717, 1.165) is 11.1 Å². The minimum absolute atomic E-state index is 0.150. The summed E-state index contributed by atoms with van der Waals surface area (Å²) in [6, 6.07) is 11.7. The van der Waals surface area contributed by atoms with Gasteiger partial charge < -0.3 is 5.73 Å². The van der Waals surface area contributed by atoms with Crippen molar-refractivity contribution in [2.24, 2.45) is 0 Å². The number of aryl methyl sites for hydroxylation is 1. The first-order valence-electron chi connectivity index (χ1n) is 5.99. The van der Waals surface area contributed by atoms with E-state index < -0.39 is 10.0 Å². The van der Waals surface area contributed by atoms with Crippen LogP contribution < -0.4 is 10.5 Å². The smallest absolute Gasteiger partial charge is 0.240 e. The van der Waals surface area contributed by atoms with Crippen LogP contribution in [0, 0.1) is 6.92 Å². The molecule has 0 spiro atoms. The van der Waals surface area contributed by atoms with E-state index >= 15 is 0 Å². The lowest BCUT2D eigenvalue weighted by Gasteiger charge is -2.08. The lowest BCUT2D eigenvalue weighted by atomic mass is 10.2. The minimum atomic E-state index is -3.59. The molecule has 0 aliphatic heterocycles. The molecule has 0 fully saturated rings. The van der Waals surface area contributed by atoms with Gasteiger partial charge in [0.1, 0.15) is 0 Å². The highest BCUT2D eigenvalue weighted by atomic mass is 35.5. The summed E-state index contributed by atoms with van der Waals surface area (Å²) < 4.78 is 26.8. The predicted octanol–water partition coefficient (Wildman–Crippen LogP) is 2.71. The van der Waals surface area contributed by atoms with Gasteiger partial charge in [-0.15, -0.1) is 0 Å². The molecule has 0 heterocycles. The number of nitrogens with two attached hydrogens (primary N) is 1. The van der Waals surface area contributed by atoms with Gasteiger partial charge >= 0.3 is 0 Å². The third-order valence-electron chi connectivity index (χ3n) is 2.87. The average molecular weight is 311 g/mol. The predicted molar refractivity (Wildman–Crippen MR) is 81.1 cm³/mol. The first-order chi connectivity index (χ1) is 9.38. The summed E-state index contributed by atoms with van der Waals surface area (Å²) in [5, 5.41) is 0.428. The maximum atomic E-state index is 12.2. The Hall–Kier alpha value is -1.56. The Kier molecular flexibility index (Phi) is 4.32. The SMILES string of the molecule is Cc1ccc(S(=O)(=O)NCc2cccc(N)c2)cc1Cl. The third-order valence-corrected chi connectivity index (χ3v) is 4.68. The van der Waals surface area contributed by atoms with E-state index in [1.54, 1.807) is 30.3 Å². The summed E-state index contributed by atoms with van der Waals surface area (Å²) in [5.41, 5.74) is 7.88. The molecule has 0 unspecified atom stereocenters. The van der Waals surface area contributed by atoms with E-state index in [1.165, 1.54) is 12.1 Å². The Labute approximate surface area is 123 Å². The number of halogens is 1. The summed E-state index contributed by atoms with van der Waals surface area (Å²) in [6.07, 6.45) is 0. The van der Waals surface area contributed by atoms with E-state index in [2.05, 4.69) is 4.72 Å². The summed E-state index contributed by atoms with van der Waals surface area (Å²) in [6.45, 7) is 2.00. The first kappa shape index (κ1) is 14.8. The number of anilines is 1. The van der Waals surface area contributed by atoms with Gasteiger partial charge in [0, 0.05) is 17.3 Å². The zero-order valence-corrected chi connectivity index (χ0v) is 12.5. The quantitative estimate of drug-likeness (QED) is 0.853. The Morgan fingerprint density at radius 3 is 2.60 bits per heavy atom. The summed E-state index contributed by atoms with van der Waals surface area (Å²) in [5.74, 6) is 0. The monoisotopic (exact) mass is 310 g/mol.